The van der Waals surface area contributed by atoms with Gasteiger partial charge in [-0.25, -0.2) is 5.06 Å². The Kier molecular flexibility index (Phi) is 5.32. The van der Waals surface area contributed by atoms with Crippen molar-refractivity contribution in [2.45, 2.75) is 5.25 Å². The van der Waals surface area contributed by atoms with Gasteiger partial charge in [0.05, 0.1) is 24.0 Å². The van der Waals surface area contributed by atoms with Crippen LogP contribution < -0.4 is 21.7 Å². The summed E-state index contributed by atoms with van der Waals surface area (Å²) in [4.78, 5) is 41.0. The van der Waals surface area contributed by atoms with Crippen LogP contribution in [0.3, 0.4) is 0 Å². The normalized spacial score (nSPS) is 15.5. The van der Waals surface area contributed by atoms with Crippen molar-refractivity contribution in [1.29, 1.82) is 0 Å². The second-order valence-corrected chi connectivity index (χ2v) is 7.79. The summed E-state index contributed by atoms with van der Waals surface area (Å²) in [7, 11) is -4.15. The Morgan fingerprint density at radius 1 is 1.55 bits per heavy atom. The Morgan fingerprint density at radius 3 is 2.91 bits per heavy atom. The molecule has 1 unspecified atom stereocenters. The highest BCUT2D eigenvalue weighted by Crippen LogP contribution is 2.40. The molecular weight excluding hydrogens is 337 g/mol. The number of nitrogen functional groups attached to an aromatic ring is 1. The maximum absolute atomic E-state index is 11.6. The van der Waals surface area contributed by atoms with Crippen molar-refractivity contribution in [2.24, 2.45) is 0 Å². The number of hydrogen-bond donors (Lipinski definition) is 6. The first-order chi connectivity index (χ1) is 10.3. The number of H-pyrrole nitrogens is 1. The largest absolute Gasteiger partial charge is 0.395 e. The minimum Gasteiger partial charge on any atom is -0.395 e. The second kappa shape index (κ2) is 6.86. The van der Waals surface area contributed by atoms with E-state index < -0.39 is 23.9 Å². The van der Waals surface area contributed by atoms with Gasteiger partial charge in [0.15, 0.2) is 5.82 Å². The van der Waals surface area contributed by atoms with E-state index in [4.69, 9.17) is 20.4 Å². The summed E-state index contributed by atoms with van der Waals surface area (Å²) in [5.74, 6) is 0.161. The molecule has 0 spiro atoms. The predicted molar refractivity (Wildman–Crippen MR) is 81.6 cm³/mol. The molecule has 0 aliphatic carbocycles. The number of rotatable bonds is 7. The lowest BCUT2D eigenvalue weighted by molar-refractivity contribution is 0.102. The van der Waals surface area contributed by atoms with Crippen LogP contribution in [0.5, 0.6) is 0 Å². The molecule has 7 N–H and O–H groups in total. The number of fused-ring (bicyclic) bond motifs is 1. The Labute approximate surface area is 129 Å². The monoisotopic (exact) mass is 353 g/mol. The van der Waals surface area contributed by atoms with Gasteiger partial charge >= 0.3 is 7.60 Å². The van der Waals surface area contributed by atoms with Gasteiger partial charge in [-0.3, -0.25) is 19.2 Å². The lowest BCUT2D eigenvalue weighted by Gasteiger charge is -2.20. The molecule has 1 aromatic heterocycles. The first kappa shape index (κ1) is 17.1. The maximum Gasteiger partial charge on any atom is 0.335 e. The number of nitrogens with one attached hydrogen (secondary N) is 2. The molecule has 13 heteroatoms. The maximum atomic E-state index is 11.6. The number of thioether (sulfide) groups is 1. The molecule has 0 saturated carbocycles. The number of aromatic amines is 1. The molecule has 11 nitrogen and oxygen atoms in total. The zero-order valence-corrected chi connectivity index (χ0v) is 13.0. The second-order valence-electron chi connectivity index (χ2n) is 4.42. The summed E-state index contributed by atoms with van der Waals surface area (Å²) >= 11 is 0.901. The number of aromatic nitrogens is 2. The van der Waals surface area contributed by atoms with E-state index in [1.807, 2.05) is 0 Å². The first-order valence-corrected chi connectivity index (χ1v) is 8.96. The predicted octanol–water partition coefficient (Wildman–Crippen LogP) is -1.30. The highest BCUT2D eigenvalue weighted by atomic mass is 32.2. The van der Waals surface area contributed by atoms with E-state index in [1.54, 1.807) is 0 Å². The average Bonchev–Trinajstić information content (AvgIpc) is 2.81. The summed E-state index contributed by atoms with van der Waals surface area (Å²) in [6.45, 7) is -0.170. The fraction of sp³-hybridized carbons (Fsp3) is 0.556. The molecule has 2 heterocycles. The molecule has 0 radical (unpaired) electrons. The van der Waals surface area contributed by atoms with E-state index in [1.165, 1.54) is 5.06 Å². The molecule has 0 fully saturated rings. The van der Waals surface area contributed by atoms with E-state index in [0.29, 0.717) is 0 Å². The third-order valence-corrected chi connectivity index (χ3v) is 5.35. The molecule has 2 rings (SSSR count). The van der Waals surface area contributed by atoms with Crippen LogP contribution in [0.25, 0.3) is 0 Å². The van der Waals surface area contributed by atoms with E-state index in [-0.39, 0.29) is 37.3 Å². The van der Waals surface area contributed by atoms with E-state index in [9.17, 15) is 14.5 Å². The van der Waals surface area contributed by atoms with Crippen molar-refractivity contribution in [2.75, 3.05) is 41.5 Å². The van der Waals surface area contributed by atoms with Crippen LogP contribution in [-0.4, -0.2) is 55.5 Å². The van der Waals surface area contributed by atoms with Crippen LogP contribution in [0.2, 0.25) is 0 Å². The number of nitrogens with two attached hydrogens (primary N) is 1. The van der Waals surface area contributed by atoms with Crippen molar-refractivity contribution in [3.05, 3.63) is 10.4 Å². The van der Waals surface area contributed by atoms with Crippen molar-refractivity contribution in [3.63, 3.8) is 0 Å². The number of anilines is 3. The van der Waals surface area contributed by atoms with Gasteiger partial charge in [-0.15, -0.1) is 11.8 Å². The van der Waals surface area contributed by atoms with Gasteiger partial charge in [-0.1, -0.05) is 0 Å². The summed E-state index contributed by atoms with van der Waals surface area (Å²) in [5.41, 5.74) is 4.84. The van der Waals surface area contributed by atoms with Crippen molar-refractivity contribution in [1.82, 2.24) is 9.97 Å². The minimum absolute atomic E-state index is 0.0172. The Hall–Kier alpha value is -1.30. The quantitative estimate of drug-likeness (QED) is 0.321. The van der Waals surface area contributed by atoms with Gasteiger partial charge in [0, 0.05) is 0 Å². The molecule has 0 aromatic carbocycles. The SMILES string of the molecule is Nc1nc2c(c(=O)[nH]1)NCN2OCC(CO)SCP(=O)(O)O. The van der Waals surface area contributed by atoms with Crippen molar-refractivity contribution < 1.29 is 24.3 Å². The molecule has 1 aliphatic heterocycles. The van der Waals surface area contributed by atoms with Gasteiger partial charge < -0.3 is 25.9 Å². The third-order valence-electron chi connectivity index (χ3n) is 2.65. The molecular formula is C9H16N5O6PS. The number of hydroxylamine groups is 1. The average molecular weight is 353 g/mol. The summed E-state index contributed by atoms with van der Waals surface area (Å²) in [5, 5.41) is 12.8. The topological polar surface area (TPSA) is 174 Å². The smallest absolute Gasteiger partial charge is 0.335 e. The van der Waals surface area contributed by atoms with Crippen LogP contribution in [0.4, 0.5) is 17.5 Å². The highest BCUT2D eigenvalue weighted by molar-refractivity contribution is 8.04. The fourth-order valence-electron chi connectivity index (χ4n) is 1.68. The van der Waals surface area contributed by atoms with Crippen LogP contribution in [-0.2, 0) is 9.40 Å². The minimum atomic E-state index is -4.15. The molecule has 1 atom stereocenters. The van der Waals surface area contributed by atoms with Crippen LogP contribution in [0.1, 0.15) is 0 Å². The first-order valence-electron chi connectivity index (χ1n) is 6.11. The number of hydrogen-bond acceptors (Lipinski definition) is 9. The number of aliphatic hydroxyl groups excluding tert-OH is 1. The van der Waals surface area contributed by atoms with Crippen molar-refractivity contribution >= 4 is 36.8 Å². The number of nitrogens with zero attached hydrogens (tertiary/aromatic N) is 2. The number of aliphatic hydroxyl groups is 1. The van der Waals surface area contributed by atoms with E-state index in [2.05, 4.69) is 15.3 Å². The van der Waals surface area contributed by atoms with Crippen molar-refractivity contribution in [3.8, 4) is 0 Å². The van der Waals surface area contributed by atoms with Crippen LogP contribution in [0.15, 0.2) is 4.79 Å². The van der Waals surface area contributed by atoms with Crippen LogP contribution in [0, 0.1) is 0 Å². The lowest BCUT2D eigenvalue weighted by Crippen LogP contribution is -2.29. The molecule has 0 saturated heterocycles. The Balaban J connectivity index is 1.96. The Bertz CT molecular complexity index is 635. The van der Waals surface area contributed by atoms with Gasteiger partial charge in [0.25, 0.3) is 5.56 Å². The summed E-state index contributed by atoms with van der Waals surface area (Å²) in [6, 6.07) is 0. The van der Waals surface area contributed by atoms with Crippen LogP contribution >= 0.6 is 19.4 Å². The molecule has 124 valence electrons. The Morgan fingerprint density at radius 2 is 2.27 bits per heavy atom. The standard InChI is InChI=1S/C9H16N5O6PS/c10-9-12-7-6(8(16)13-9)11-3-14(7)20-2-5(1-15)22-4-21(17,18)19/h5,11,15H,1-4H2,(H2,17,18,19)(H3,10,12,13,16). The molecule has 22 heavy (non-hydrogen) atoms. The van der Waals surface area contributed by atoms with Gasteiger partial charge in [0.1, 0.15) is 12.4 Å². The van der Waals surface area contributed by atoms with Gasteiger partial charge in [0.2, 0.25) is 5.95 Å². The molecule has 1 aliphatic rings. The summed E-state index contributed by atoms with van der Waals surface area (Å²) < 4.78 is 10.8. The lowest BCUT2D eigenvalue weighted by atomic mass is 10.5. The zero-order valence-electron chi connectivity index (χ0n) is 11.3. The van der Waals surface area contributed by atoms with E-state index in [0.717, 1.165) is 11.8 Å². The molecule has 0 amide bonds. The fourth-order valence-corrected chi connectivity index (χ4v) is 3.56. The van der Waals surface area contributed by atoms with Gasteiger partial charge in [-0.05, 0) is 0 Å². The van der Waals surface area contributed by atoms with Gasteiger partial charge in [-0.2, -0.15) is 4.98 Å². The zero-order chi connectivity index (χ0) is 16.3. The highest BCUT2D eigenvalue weighted by Gasteiger charge is 2.26. The molecule has 1 aromatic rings. The summed E-state index contributed by atoms with van der Waals surface area (Å²) in [6.07, 6.45) is 0. The third kappa shape index (κ3) is 4.35. The van der Waals surface area contributed by atoms with E-state index >= 15 is 0 Å². The molecule has 0 bridgehead atoms.